The fourth-order valence-electron chi connectivity index (χ4n) is 2.77. The summed E-state index contributed by atoms with van der Waals surface area (Å²) in [5.41, 5.74) is 4.02. The van der Waals surface area contributed by atoms with Crippen LogP contribution in [0.4, 0.5) is 11.4 Å². The Balaban J connectivity index is 2.28. The number of nitrogens with one attached hydrogen (secondary N) is 1. The molecule has 0 aliphatic rings. The lowest BCUT2D eigenvalue weighted by atomic mass is 10.1. The summed E-state index contributed by atoms with van der Waals surface area (Å²) >= 11 is 0. The summed E-state index contributed by atoms with van der Waals surface area (Å²) in [5.74, 6) is 0.482. The van der Waals surface area contributed by atoms with Gasteiger partial charge < -0.3 is 14.4 Å². The number of hydrazone groups is 1. The topological polar surface area (TPSA) is 106 Å². The van der Waals surface area contributed by atoms with Crippen molar-refractivity contribution in [3.05, 3.63) is 57.6 Å². The van der Waals surface area contributed by atoms with Crippen molar-refractivity contribution in [1.82, 2.24) is 5.43 Å². The molecule has 154 valence electrons. The number of anilines is 1. The van der Waals surface area contributed by atoms with E-state index in [-0.39, 0.29) is 5.69 Å². The van der Waals surface area contributed by atoms with E-state index >= 15 is 0 Å². The van der Waals surface area contributed by atoms with Crippen LogP contribution in [0.5, 0.6) is 11.5 Å². The van der Waals surface area contributed by atoms with E-state index in [0.717, 1.165) is 18.8 Å². The number of methoxy groups -OCH3 is 2. The van der Waals surface area contributed by atoms with E-state index in [1.807, 2.05) is 18.7 Å². The van der Waals surface area contributed by atoms with Crippen LogP contribution in [0.3, 0.4) is 0 Å². The Bertz CT molecular complexity index is 887. The summed E-state index contributed by atoms with van der Waals surface area (Å²) < 4.78 is 10.3. The summed E-state index contributed by atoms with van der Waals surface area (Å²) in [4.78, 5) is 25.1. The minimum Gasteiger partial charge on any atom is -0.497 e. The molecular weight excluding hydrogens is 376 g/mol. The van der Waals surface area contributed by atoms with Crippen LogP contribution < -0.4 is 19.8 Å². The number of rotatable bonds is 9. The normalized spacial score (nSPS) is 10.6. The predicted molar refractivity (Wildman–Crippen MR) is 111 cm³/mol. The number of benzene rings is 2. The molecule has 0 saturated heterocycles. The van der Waals surface area contributed by atoms with Gasteiger partial charge in [-0.1, -0.05) is 0 Å². The molecule has 0 saturated carbocycles. The number of nitro groups is 1. The molecule has 1 N–H and O–H groups in total. The van der Waals surface area contributed by atoms with E-state index in [1.54, 1.807) is 24.3 Å². The van der Waals surface area contributed by atoms with Crippen LogP contribution in [0.15, 0.2) is 41.5 Å². The number of amides is 1. The molecule has 2 aromatic rings. The van der Waals surface area contributed by atoms with Crippen molar-refractivity contribution >= 4 is 23.5 Å². The Morgan fingerprint density at radius 3 is 2.28 bits per heavy atom. The average Bonchev–Trinajstić information content (AvgIpc) is 2.74. The maximum atomic E-state index is 12.4. The van der Waals surface area contributed by atoms with Crippen LogP contribution in [0.1, 0.15) is 29.8 Å². The molecule has 2 aromatic carbocycles. The first-order valence-electron chi connectivity index (χ1n) is 9.03. The molecule has 9 heteroatoms. The van der Waals surface area contributed by atoms with Crippen molar-refractivity contribution in [1.29, 1.82) is 0 Å². The molecule has 1 amide bonds. The molecule has 0 bridgehead atoms. The van der Waals surface area contributed by atoms with Crippen molar-refractivity contribution < 1.29 is 19.2 Å². The van der Waals surface area contributed by atoms with Crippen LogP contribution in [0.2, 0.25) is 0 Å². The van der Waals surface area contributed by atoms with Crippen molar-refractivity contribution in [2.75, 3.05) is 32.2 Å². The van der Waals surface area contributed by atoms with E-state index in [2.05, 4.69) is 10.5 Å². The van der Waals surface area contributed by atoms with Gasteiger partial charge in [0.15, 0.2) is 0 Å². The van der Waals surface area contributed by atoms with Crippen LogP contribution in [-0.4, -0.2) is 44.4 Å². The van der Waals surface area contributed by atoms with E-state index < -0.39 is 10.8 Å². The zero-order valence-corrected chi connectivity index (χ0v) is 16.8. The largest absolute Gasteiger partial charge is 0.497 e. The average molecular weight is 400 g/mol. The number of carbonyl (C=O) groups excluding carboxylic acids is 1. The molecule has 0 aromatic heterocycles. The number of nitrogens with zero attached hydrogens (tertiary/aromatic N) is 3. The van der Waals surface area contributed by atoms with Gasteiger partial charge in [0.1, 0.15) is 11.5 Å². The second kappa shape index (κ2) is 10.1. The lowest BCUT2D eigenvalue weighted by Crippen LogP contribution is -2.23. The SMILES string of the molecule is CCN(CC)c1ccc([N+](=O)[O-])cc1/C=N/NC(=O)c1cc(OC)cc(OC)c1. The minimum atomic E-state index is -0.468. The first kappa shape index (κ1) is 21.7. The number of ether oxygens (including phenoxy) is 2. The van der Waals surface area contributed by atoms with Gasteiger partial charge in [-0.2, -0.15) is 5.10 Å². The monoisotopic (exact) mass is 400 g/mol. The molecule has 0 spiro atoms. The zero-order valence-electron chi connectivity index (χ0n) is 16.8. The first-order valence-corrected chi connectivity index (χ1v) is 9.03. The van der Waals surface area contributed by atoms with Crippen LogP contribution in [0.25, 0.3) is 0 Å². The second-order valence-electron chi connectivity index (χ2n) is 5.97. The van der Waals surface area contributed by atoms with Crippen molar-refractivity contribution in [3.8, 4) is 11.5 Å². The third-order valence-electron chi connectivity index (χ3n) is 4.31. The standard InChI is InChI=1S/C20H24N4O5/c1-5-23(6-2)19-8-7-16(24(26)27)9-15(19)13-21-22-20(25)14-10-17(28-3)12-18(11-14)29-4/h7-13H,5-6H2,1-4H3,(H,22,25)/b21-13+. The molecule has 0 aliphatic carbocycles. The fraction of sp³-hybridized carbons (Fsp3) is 0.300. The molecule has 0 heterocycles. The fourth-order valence-corrected chi connectivity index (χ4v) is 2.77. The number of hydrogen-bond donors (Lipinski definition) is 1. The summed E-state index contributed by atoms with van der Waals surface area (Å²) in [6.45, 7) is 5.43. The molecule has 0 fully saturated rings. The maximum Gasteiger partial charge on any atom is 0.271 e. The zero-order chi connectivity index (χ0) is 21.4. The smallest absolute Gasteiger partial charge is 0.271 e. The third-order valence-corrected chi connectivity index (χ3v) is 4.31. The Kier molecular flexibility index (Phi) is 7.53. The lowest BCUT2D eigenvalue weighted by Gasteiger charge is -2.22. The molecule has 0 unspecified atom stereocenters. The van der Waals surface area contributed by atoms with Crippen LogP contribution in [0, 0.1) is 10.1 Å². The third kappa shape index (κ3) is 5.44. The number of hydrogen-bond acceptors (Lipinski definition) is 7. The van der Waals surface area contributed by atoms with Crippen molar-refractivity contribution in [2.24, 2.45) is 5.10 Å². The Morgan fingerprint density at radius 2 is 1.76 bits per heavy atom. The van der Waals surface area contributed by atoms with E-state index in [1.165, 1.54) is 32.6 Å². The highest BCUT2D eigenvalue weighted by Crippen LogP contribution is 2.25. The van der Waals surface area contributed by atoms with E-state index in [4.69, 9.17) is 9.47 Å². The van der Waals surface area contributed by atoms with Gasteiger partial charge in [0, 0.05) is 48.1 Å². The van der Waals surface area contributed by atoms with Gasteiger partial charge in [-0.25, -0.2) is 5.43 Å². The van der Waals surface area contributed by atoms with Gasteiger partial charge in [-0.3, -0.25) is 14.9 Å². The van der Waals surface area contributed by atoms with Gasteiger partial charge in [0.2, 0.25) is 0 Å². The molecule has 0 aliphatic heterocycles. The summed E-state index contributed by atoms with van der Waals surface area (Å²) in [7, 11) is 2.98. The van der Waals surface area contributed by atoms with Crippen molar-refractivity contribution in [3.63, 3.8) is 0 Å². The quantitative estimate of drug-likeness (QED) is 0.393. The van der Waals surface area contributed by atoms with Crippen molar-refractivity contribution in [2.45, 2.75) is 13.8 Å². The molecule has 2 rings (SSSR count). The highest BCUT2D eigenvalue weighted by molar-refractivity contribution is 5.96. The number of nitro benzene ring substituents is 1. The van der Waals surface area contributed by atoms with Gasteiger partial charge in [-0.15, -0.1) is 0 Å². The summed E-state index contributed by atoms with van der Waals surface area (Å²) in [6.07, 6.45) is 1.40. The summed E-state index contributed by atoms with van der Waals surface area (Å²) in [5, 5.41) is 15.1. The molecule has 29 heavy (non-hydrogen) atoms. The van der Waals surface area contributed by atoms with Gasteiger partial charge in [0.05, 0.1) is 25.4 Å². The summed E-state index contributed by atoms with van der Waals surface area (Å²) in [6, 6.07) is 9.33. The highest BCUT2D eigenvalue weighted by Gasteiger charge is 2.14. The van der Waals surface area contributed by atoms with Gasteiger partial charge >= 0.3 is 0 Å². The van der Waals surface area contributed by atoms with E-state index in [0.29, 0.717) is 22.6 Å². The molecule has 0 radical (unpaired) electrons. The molecule has 0 atom stereocenters. The van der Waals surface area contributed by atoms with E-state index in [9.17, 15) is 14.9 Å². The maximum absolute atomic E-state index is 12.4. The number of carbonyl (C=O) groups is 1. The number of non-ortho nitro benzene ring substituents is 1. The van der Waals surface area contributed by atoms with Gasteiger partial charge in [0.25, 0.3) is 11.6 Å². The first-order chi connectivity index (χ1) is 13.9. The van der Waals surface area contributed by atoms with Crippen LogP contribution >= 0.6 is 0 Å². The lowest BCUT2D eigenvalue weighted by molar-refractivity contribution is -0.384. The molecule has 9 nitrogen and oxygen atoms in total. The Labute approximate surface area is 169 Å². The van der Waals surface area contributed by atoms with Gasteiger partial charge in [-0.05, 0) is 32.0 Å². The van der Waals surface area contributed by atoms with Crippen LogP contribution in [-0.2, 0) is 0 Å². The Morgan fingerprint density at radius 1 is 1.14 bits per heavy atom. The highest BCUT2D eigenvalue weighted by atomic mass is 16.6. The second-order valence-corrected chi connectivity index (χ2v) is 5.97. The Hall–Kier alpha value is -3.62. The minimum absolute atomic E-state index is 0.0498. The molecular formula is C20H24N4O5. The predicted octanol–water partition coefficient (Wildman–Crippen LogP) is 3.22.